The van der Waals surface area contributed by atoms with E-state index in [1.54, 1.807) is 17.8 Å². The molecule has 0 spiro atoms. The molecule has 2 aromatic carbocycles. The van der Waals surface area contributed by atoms with E-state index in [0.29, 0.717) is 18.0 Å². The highest BCUT2D eigenvalue weighted by Gasteiger charge is 2.15. The first-order valence-corrected chi connectivity index (χ1v) is 10.4. The number of rotatable bonds is 8. The standard InChI is InChI=1S/C17H20ClNO3S2/c1-13-4-3-5-14(10-13)12-23-9-8-19-24(20,21)15-6-7-17(22-2)16(18)11-15/h3-7,10-11,19H,8-9,12H2,1-2H3. The number of aryl methyl sites for hydroxylation is 1. The molecule has 7 heteroatoms. The van der Waals surface area contributed by atoms with E-state index >= 15 is 0 Å². The van der Waals surface area contributed by atoms with Crippen molar-refractivity contribution in [2.24, 2.45) is 0 Å². The van der Waals surface area contributed by atoms with E-state index in [0.717, 1.165) is 5.75 Å². The molecule has 0 amide bonds. The van der Waals surface area contributed by atoms with Crippen LogP contribution in [0.15, 0.2) is 47.4 Å². The van der Waals surface area contributed by atoms with Crippen molar-refractivity contribution < 1.29 is 13.2 Å². The average Bonchev–Trinajstić information content (AvgIpc) is 2.54. The predicted molar refractivity (Wildman–Crippen MR) is 101 cm³/mol. The van der Waals surface area contributed by atoms with Crippen molar-refractivity contribution in [3.05, 3.63) is 58.6 Å². The summed E-state index contributed by atoms with van der Waals surface area (Å²) in [5.41, 5.74) is 2.47. The minimum atomic E-state index is -3.56. The summed E-state index contributed by atoms with van der Waals surface area (Å²) in [4.78, 5) is 0.136. The van der Waals surface area contributed by atoms with Gasteiger partial charge in [-0.05, 0) is 30.7 Å². The van der Waals surface area contributed by atoms with Crippen LogP contribution >= 0.6 is 23.4 Å². The van der Waals surface area contributed by atoms with Gasteiger partial charge in [0.2, 0.25) is 10.0 Å². The molecule has 0 aliphatic heterocycles. The highest BCUT2D eigenvalue weighted by Crippen LogP contribution is 2.26. The van der Waals surface area contributed by atoms with Crippen LogP contribution in [0.25, 0.3) is 0 Å². The van der Waals surface area contributed by atoms with Gasteiger partial charge in [-0.2, -0.15) is 11.8 Å². The van der Waals surface area contributed by atoms with Gasteiger partial charge in [-0.3, -0.25) is 0 Å². The lowest BCUT2D eigenvalue weighted by atomic mass is 10.2. The predicted octanol–water partition coefficient (Wildman–Crippen LogP) is 3.87. The Morgan fingerprint density at radius 3 is 2.67 bits per heavy atom. The lowest BCUT2D eigenvalue weighted by Gasteiger charge is -2.09. The van der Waals surface area contributed by atoms with Gasteiger partial charge in [-0.25, -0.2) is 13.1 Å². The second-order valence-corrected chi connectivity index (χ2v) is 8.52. The first kappa shape index (κ1) is 19.1. The molecule has 0 aliphatic carbocycles. The molecule has 0 saturated heterocycles. The minimum Gasteiger partial charge on any atom is -0.495 e. The van der Waals surface area contributed by atoms with Crippen LogP contribution in [0.2, 0.25) is 5.02 Å². The second-order valence-electron chi connectivity index (χ2n) is 5.24. The maximum absolute atomic E-state index is 12.2. The van der Waals surface area contributed by atoms with Gasteiger partial charge in [-0.1, -0.05) is 41.4 Å². The number of ether oxygens (including phenoxy) is 1. The summed E-state index contributed by atoms with van der Waals surface area (Å²) in [6.45, 7) is 2.42. The van der Waals surface area contributed by atoms with Gasteiger partial charge in [0.1, 0.15) is 5.75 Å². The zero-order valence-corrected chi connectivity index (χ0v) is 16.0. The Morgan fingerprint density at radius 2 is 2.00 bits per heavy atom. The van der Waals surface area contributed by atoms with E-state index in [9.17, 15) is 8.42 Å². The van der Waals surface area contributed by atoms with E-state index in [4.69, 9.17) is 16.3 Å². The molecular formula is C17H20ClNO3S2. The highest BCUT2D eigenvalue weighted by molar-refractivity contribution is 7.98. The third kappa shape index (κ3) is 5.41. The fraction of sp³-hybridized carbons (Fsp3) is 0.294. The molecular weight excluding hydrogens is 366 g/mol. The molecule has 130 valence electrons. The lowest BCUT2D eigenvalue weighted by molar-refractivity contribution is 0.414. The largest absolute Gasteiger partial charge is 0.495 e. The Balaban J connectivity index is 1.83. The number of hydrogen-bond acceptors (Lipinski definition) is 4. The molecule has 4 nitrogen and oxygen atoms in total. The van der Waals surface area contributed by atoms with Gasteiger partial charge >= 0.3 is 0 Å². The highest BCUT2D eigenvalue weighted by atomic mass is 35.5. The third-order valence-corrected chi connectivity index (χ3v) is 6.11. The summed E-state index contributed by atoms with van der Waals surface area (Å²) in [5, 5.41) is 0.272. The molecule has 2 aromatic rings. The number of methoxy groups -OCH3 is 1. The molecule has 0 aliphatic rings. The molecule has 24 heavy (non-hydrogen) atoms. The topological polar surface area (TPSA) is 55.4 Å². The number of benzene rings is 2. The molecule has 0 heterocycles. The first-order valence-electron chi connectivity index (χ1n) is 7.39. The summed E-state index contributed by atoms with van der Waals surface area (Å²) in [6, 6.07) is 12.7. The van der Waals surface area contributed by atoms with Gasteiger partial charge in [0, 0.05) is 18.1 Å². The van der Waals surface area contributed by atoms with Crippen molar-refractivity contribution >= 4 is 33.4 Å². The second kappa shape index (κ2) is 8.76. The summed E-state index contributed by atoms with van der Waals surface area (Å²) >= 11 is 7.67. The summed E-state index contributed by atoms with van der Waals surface area (Å²) in [6.07, 6.45) is 0. The van der Waals surface area contributed by atoms with E-state index in [-0.39, 0.29) is 9.92 Å². The molecule has 0 bridgehead atoms. The lowest BCUT2D eigenvalue weighted by Crippen LogP contribution is -2.26. The van der Waals surface area contributed by atoms with Crippen LogP contribution in [-0.2, 0) is 15.8 Å². The van der Waals surface area contributed by atoms with E-state index in [1.807, 2.05) is 6.07 Å². The number of nitrogens with one attached hydrogen (secondary N) is 1. The molecule has 0 saturated carbocycles. The fourth-order valence-corrected chi connectivity index (χ4v) is 4.45. The number of halogens is 1. The summed E-state index contributed by atoms with van der Waals surface area (Å²) in [5.74, 6) is 2.00. The van der Waals surface area contributed by atoms with Crippen molar-refractivity contribution in [3.63, 3.8) is 0 Å². The average molecular weight is 386 g/mol. The maximum Gasteiger partial charge on any atom is 0.240 e. The molecule has 0 aromatic heterocycles. The van der Waals surface area contributed by atoms with Gasteiger partial charge in [-0.15, -0.1) is 0 Å². The van der Waals surface area contributed by atoms with Crippen LogP contribution in [0.3, 0.4) is 0 Å². The van der Waals surface area contributed by atoms with Crippen molar-refractivity contribution in [1.29, 1.82) is 0 Å². The zero-order valence-electron chi connectivity index (χ0n) is 13.6. The fourth-order valence-electron chi connectivity index (χ4n) is 2.14. The summed E-state index contributed by atoms with van der Waals surface area (Å²) < 4.78 is 32.1. The number of hydrogen-bond donors (Lipinski definition) is 1. The van der Waals surface area contributed by atoms with Crippen LogP contribution in [0, 0.1) is 6.92 Å². The molecule has 0 unspecified atom stereocenters. The Morgan fingerprint density at radius 1 is 1.21 bits per heavy atom. The minimum absolute atomic E-state index is 0.136. The van der Waals surface area contributed by atoms with Crippen molar-refractivity contribution in [1.82, 2.24) is 4.72 Å². The molecule has 1 N–H and O–H groups in total. The van der Waals surface area contributed by atoms with Crippen molar-refractivity contribution in [3.8, 4) is 5.75 Å². The molecule has 0 atom stereocenters. The van der Waals surface area contributed by atoms with Crippen LogP contribution < -0.4 is 9.46 Å². The van der Waals surface area contributed by atoms with E-state index in [2.05, 4.69) is 29.8 Å². The van der Waals surface area contributed by atoms with Gasteiger partial charge < -0.3 is 4.74 Å². The Bertz CT molecular complexity index is 794. The third-order valence-electron chi connectivity index (χ3n) is 3.32. The van der Waals surface area contributed by atoms with Gasteiger partial charge in [0.15, 0.2) is 0 Å². The Kier molecular flexibility index (Phi) is 6.98. The number of thioether (sulfide) groups is 1. The van der Waals surface area contributed by atoms with E-state index in [1.165, 1.54) is 30.4 Å². The van der Waals surface area contributed by atoms with E-state index < -0.39 is 10.0 Å². The molecule has 0 fully saturated rings. The van der Waals surface area contributed by atoms with Crippen LogP contribution in [-0.4, -0.2) is 27.8 Å². The monoisotopic (exact) mass is 385 g/mol. The Hall–Kier alpha value is -1.21. The summed E-state index contributed by atoms with van der Waals surface area (Å²) in [7, 11) is -2.08. The first-order chi connectivity index (χ1) is 11.4. The Labute approximate surface area is 152 Å². The van der Waals surface area contributed by atoms with Gasteiger partial charge in [0.25, 0.3) is 0 Å². The van der Waals surface area contributed by atoms with Crippen molar-refractivity contribution in [2.75, 3.05) is 19.4 Å². The SMILES string of the molecule is COc1ccc(S(=O)(=O)NCCSCc2cccc(C)c2)cc1Cl. The number of sulfonamides is 1. The quantitative estimate of drug-likeness (QED) is 0.701. The van der Waals surface area contributed by atoms with Crippen LogP contribution in [0.1, 0.15) is 11.1 Å². The molecule has 0 radical (unpaired) electrons. The van der Waals surface area contributed by atoms with Crippen LogP contribution in [0.4, 0.5) is 0 Å². The van der Waals surface area contributed by atoms with Gasteiger partial charge in [0.05, 0.1) is 17.0 Å². The normalized spacial score (nSPS) is 11.5. The van der Waals surface area contributed by atoms with Crippen LogP contribution in [0.5, 0.6) is 5.75 Å². The van der Waals surface area contributed by atoms with Crippen molar-refractivity contribution in [2.45, 2.75) is 17.6 Å². The molecule has 2 rings (SSSR count). The zero-order chi connectivity index (χ0) is 17.6. The smallest absolute Gasteiger partial charge is 0.240 e. The maximum atomic E-state index is 12.2.